The number of rotatable bonds is 15. The first-order valence-corrected chi connectivity index (χ1v) is 10.8. The molecule has 1 rings (SSSR count). The summed E-state index contributed by atoms with van der Waals surface area (Å²) in [6.07, 6.45) is 22.5. The van der Waals surface area contributed by atoms with Crippen molar-refractivity contribution in [2.24, 2.45) is 0 Å². The molecule has 0 unspecified atom stereocenters. The Morgan fingerprint density at radius 2 is 1.33 bits per heavy atom. The highest BCUT2D eigenvalue weighted by Gasteiger charge is 2.18. The van der Waals surface area contributed by atoms with Gasteiger partial charge in [-0.05, 0) is 33.1 Å². The van der Waals surface area contributed by atoms with E-state index in [1.165, 1.54) is 90.0 Å². The zero-order valence-corrected chi connectivity index (χ0v) is 17.0. The lowest BCUT2D eigenvalue weighted by atomic mass is 10.1. The third-order valence-corrected chi connectivity index (χ3v) is 5.10. The molecular weight excluding hydrogens is 292 g/mol. The maximum absolute atomic E-state index is 2.52. The molecule has 1 aromatic heterocycles. The first-order valence-electron chi connectivity index (χ1n) is 10.8. The molecule has 0 aliphatic carbocycles. The fourth-order valence-corrected chi connectivity index (χ4v) is 3.55. The number of hydrogen-bond donors (Lipinski definition) is 0. The molecule has 0 amide bonds. The fraction of sp³-hybridized carbons (Fsp3) is 0.864. The van der Waals surface area contributed by atoms with Gasteiger partial charge in [-0.2, -0.15) is 0 Å². The van der Waals surface area contributed by atoms with Gasteiger partial charge in [-0.15, -0.1) is 0 Å². The Bertz CT molecular complexity index is 406. The van der Waals surface area contributed by atoms with E-state index in [1.54, 1.807) is 5.82 Å². The quantitative estimate of drug-likeness (QED) is 0.251. The first-order chi connectivity index (χ1) is 11.7. The monoisotopic (exact) mass is 335 g/mol. The molecule has 0 spiro atoms. The highest BCUT2D eigenvalue weighted by atomic mass is 15.2. The van der Waals surface area contributed by atoms with Gasteiger partial charge in [0.2, 0.25) is 0 Å². The van der Waals surface area contributed by atoms with Gasteiger partial charge >= 0.3 is 0 Å². The summed E-state index contributed by atoms with van der Waals surface area (Å²) in [6, 6.07) is 0.575. The van der Waals surface area contributed by atoms with Gasteiger partial charge in [-0.3, -0.25) is 0 Å². The number of aryl methyl sites for hydroxylation is 1. The molecule has 0 aromatic carbocycles. The minimum Gasteiger partial charge on any atom is -0.234 e. The van der Waals surface area contributed by atoms with Crippen LogP contribution in [0.5, 0.6) is 0 Å². The Balaban J connectivity index is 2.36. The molecule has 1 heterocycles. The summed E-state index contributed by atoms with van der Waals surface area (Å²) in [5.41, 5.74) is 0. The van der Waals surface area contributed by atoms with Crippen LogP contribution in [-0.4, -0.2) is 4.57 Å². The van der Waals surface area contributed by atoms with Crippen LogP contribution >= 0.6 is 0 Å². The summed E-state index contributed by atoms with van der Waals surface area (Å²) in [4.78, 5) is 0. The van der Waals surface area contributed by atoms with E-state index in [0.29, 0.717) is 6.04 Å². The van der Waals surface area contributed by atoms with Crippen LogP contribution < -0.4 is 4.57 Å². The molecule has 0 saturated heterocycles. The van der Waals surface area contributed by atoms with Crippen LogP contribution in [0.15, 0.2) is 12.4 Å². The lowest BCUT2D eigenvalue weighted by molar-refractivity contribution is -0.704. The van der Waals surface area contributed by atoms with Crippen molar-refractivity contribution in [1.29, 1.82) is 0 Å². The maximum Gasteiger partial charge on any atom is 0.256 e. The molecule has 0 atom stereocenters. The van der Waals surface area contributed by atoms with E-state index in [4.69, 9.17) is 0 Å². The van der Waals surface area contributed by atoms with Gasteiger partial charge in [-0.25, -0.2) is 9.13 Å². The highest BCUT2D eigenvalue weighted by molar-refractivity contribution is 4.86. The van der Waals surface area contributed by atoms with E-state index in [1.807, 2.05) is 0 Å². The average molecular weight is 336 g/mol. The van der Waals surface area contributed by atoms with Gasteiger partial charge in [0.15, 0.2) is 0 Å². The van der Waals surface area contributed by atoms with Crippen molar-refractivity contribution in [3.63, 3.8) is 0 Å². The second-order valence-electron chi connectivity index (χ2n) is 7.69. The summed E-state index contributed by atoms with van der Waals surface area (Å²) in [7, 11) is 0. The highest BCUT2D eigenvalue weighted by Crippen LogP contribution is 2.13. The largest absolute Gasteiger partial charge is 0.256 e. The summed E-state index contributed by atoms with van der Waals surface area (Å²) in [5, 5.41) is 0. The summed E-state index contributed by atoms with van der Waals surface area (Å²) >= 11 is 0. The van der Waals surface area contributed by atoms with Crippen molar-refractivity contribution in [1.82, 2.24) is 4.57 Å². The Hall–Kier alpha value is -0.790. The molecule has 2 nitrogen and oxygen atoms in total. The summed E-state index contributed by atoms with van der Waals surface area (Å²) in [6.45, 7) is 10.4. The lowest BCUT2D eigenvalue weighted by Crippen LogP contribution is -2.37. The smallest absolute Gasteiger partial charge is 0.234 e. The van der Waals surface area contributed by atoms with E-state index in [9.17, 15) is 0 Å². The van der Waals surface area contributed by atoms with Crippen LogP contribution in [0.25, 0.3) is 0 Å². The predicted octanol–water partition coefficient (Wildman–Crippen LogP) is 6.62. The number of hydrogen-bond acceptors (Lipinski definition) is 0. The maximum atomic E-state index is 2.52. The van der Waals surface area contributed by atoms with Gasteiger partial charge in [0, 0.05) is 6.42 Å². The molecule has 0 bridgehead atoms. The molecule has 1 aromatic rings. The van der Waals surface area contributed by atoms with E-state index in [0.717, 1.165) is 0 Å². The molecule has 0 radical (unpaired) electrons. The molecular formula is C22H43N2+. The van der Waals surface area contributed by atoms with Crippen molar-refractivity contribution >= 4 is 0 Å². The SMILES string of the molecule is CCCCCCCCCCc1n(C(C)C)cc[n+]1CCCCCC. The molecule has 0 fully saturated rings. The predicted molar refractivity (Wildman–Crippen MR) is 105 cm³/mol. The number of nitrogens with zero attached hydrogens (tertiary/aromatic N) is 2. The zero-order chi connectivity index (χ0) is 17.6. The minimum atomic E-state index is 0.575. The van der Waals surface area contributed by atoms with E-state index < -0.39 is 0 Å². The Morgan fingerprint density at radius 3 is 1.92 bits per heavy atom. The number of imidazole rings is 1. The van der Waals surface area contributed by atoms with Crippen molar-refractivity contribution in [3.05, 3.63) is 18.2 Å². The molecule has 0 N–H and O–H groups in total. The fourth-order valence-electron chi connectivity index (χ4n) is 3.55. The molecule has 24 heavy (non-hydrogen) atoms. The van der Waals surface area contributed by atoms with Crippen molar-refractivity contribution in [2.75, 3.05) is 0 Å². The normalized spacial score (nSPS) is 11.5. The van der Waals surface area contributed by atoms with Crippen LogP contribution in [0, 0.1) is 0 Å². The third-order valence-electron chi connectivity index (χ3n) is 5.10. The van der Waals surface area contributed by atoms with Gasteiger partial charge in [0.25, 0.3) is 5.82 Å². The van der Waals surface area contributed by atoms with E-state index in [-0.39, 0.29) is 0 Å². The minimum absolute atomic E-state index is 0.575. The average Bonchev–Trinajstić information content (AvgIpc) is 2.97. The Labute approximate surface area is 151 Å². The second kappa shape index (κ2) is 13.5. The van der Waals surface area contributed by atoms with Crippen LogP contribution in [0.1, 0.15) is 117 Å². The summed E-state index contributed by atoms with van der Waals surface area (Å²) in [5.74, 6) is 1.55. The van der Waals surface area contributed by atoms with Crippen molar-refractivity contribution in [3.8, 4) is 0 Å². The van der Waals surface area contributed by atoms with Gasteiger partial charge in [0.05, 0.1) is 12.6 Å². The Kier molecular flexibility index (Phi) is 12.0. The van der Waals surface area contributed by atoms with E-state index in [2.05, 4.69) is 49.2 Å². The second-order valence-corrected chi connectivity index (χ2v) is 7.69. The lowest BCUT2D eigenvalue weighted by Gasteiger charge is -2.08. The standard InChI is InChI=1S/C22H43N2/c1-5-7-9-11-12-13-14-15-17-22-23(18-16-10-8-6-2)19-20-24(22)21(3)4/h19-21H,5-18H2,1-4H3/q+1. The first kappa shape index (κ1) is 21.3. The third kappa shape index (κ3) is 8.35. The number of aromatic nitrogens is 2. The van der Waals surface area contributed by atoms with Crippen LogP contribution in [-0.2, 0) is 13.0 Å². The topological polar surface area (TPSA) is 8.81 Å². The Morgan fingerprint density at radius 1 is 0.792 bits per heavy atom. The van der Waals surface area contributed by atoms with E-state index >= 15 is 0 Å². The van der Waals surface area contributed by atoms with Crippen LogP contribution in [0.4, 0.5) is 0 Å². The molecule has 140 valence electrons. The molecule has 0 aliphatic rings. The van der Waals surface area contributed by atoms with Gasteiger partial charge < -0.3 is 0 Å². The van der Waals surface area contributed by atoms with Crippen molar-refractivity contribution < 1.29 is 4.57 Å². The van der Waals surface area contributed by atoms with Gasteiger partial charge in [-0.1, -0.05) is 71.6 Å². The molecule has 2 heteroatoms. The molecule has 0 saturated carbocycles. The zero-order valence-electron chi connectivity index (χ0n) is 17.0. The van der Waals surface area contributed by atoms with Crippen molar-refractivity contribution in [2.45, 2.75) is 124 Å². The molecule has 0 aliphatic heterocycles. The van der Waals surface area contributed by atoms with Crippen LogP contribution in [0.2, 0.25) is 0 Å². The van der Waals surface area contributed by atoms with Crippen LogP contribution in [0.3, 0.4) is 0 Å². The summed E-state index contributed by atoms with van der Waals surface area (Å²) < 4.78 is 5.01. The van der Waals surface area contributed by atoms with Gasteiger partial charge in [0.1, 0.15) is 12.4 Å². The number of unbranched alkanes of at least 4 members (excludes halogenated alkanes) is 10.